The summed E-state index contributed by atoms with van der Waals surface area (Å²) in [4.78, 5) is 0. The molecule has 0 spiro atoms. The van der Waals surface area contributed by atoms with Crippen LogP contribution in [0.5, 0.6) is 5.75 Å². The van der Waals surface area contributed by atoms with Gasteiger partial charge in [0, 0.05) is 11.3 Å². The van der Waals surface area contributed by atoms with E-state index in [1.165, 1.54) is 16.4 Å². The van der Waals surface area contributed by atoms with Gasteiger partial charge < -0.3 is 10.6 Å². The first-order valence-corrected chi connectivity index (χ1v) is 8.86. The van der Waals surface area contributed by atoms with Crippen molar-refractivity contribution in [3.05, 3.63) is 58.6 Å². The molecular formula is C16H14Cl2N4OS. The molecule has 8 heteroatoms. The molecule has 1 aromatic heterocycles. The number of nitrogen functional groups attached to an aromatic ring is 1. The Hall–Kier alpha value is -1.89. The van der Waals surface area contributed by atoms with Crippen molar-refractivity contribution < 1.29 is 4.74 Å². The summed E-state index contributed by atoms with van der Waals surface area (Å²) >= 11 is 13.7. The zero-order valence-corrected chi connectivity index (χ0v) is 14.9. The van der Waals surface area contributed by atoms with Crippen molar-refractivity contribution in [2.24, 2.45) is 0 Å². The largest absolute Gasteiger partial charge is 0.491 e. The highest BCUT2D eigenvalue weighted by atomic mass is 35.5. The molecule has 24 heavy (non-hydrogen) atoms. The molecular weight excluding hydrogens is 367 g/mol. The third-order valence-corrected chi connectivity index (χ3v) is 4.74. The van der Waals surface area contributed by atoms with E-state index in [0.717, 1.165) is 5.56 Å². The molecule has 3 aromatic rings. The molecule has 0 radical (unpaired) electrons. The van der Waals surface area contributed by atoms with E-state index in [2.05, 4.69) is 10.2 Å². The molecule has 0 aliphatic carbocycles. The summed E-state index contributed by atoms with van der Waals surface area (Å²) in [6.07, 6.45) is 0. The summed E-state index contributed by atoms with van der Waals surface area (Å²) in [5.74, 6) is 7.91. The Kier molecular flexibility index (Phi) is 5.50. The maximum atomic E-state index is 6.17. The van der Waals surface area contributed by atoms with Crippen molar-refractivity contribution in [2.45, 2.75) is 5.16 Å². The molecule has 1 heterocycles. The third kappa shape index (κ3) is 3.77. The number of halogens is 2. The van der Waals surface area contributed by atoms with Crippen molar-refractivity contribution in [3.8, 4) is 17.1 Å². The fourth-order valence-corrected chi connectivity index (χ4v) is 3.13. The van der Waals surface area contributed by atoms with Crippen LogP contribution in [0.15, 0.2) is 53.7 Å². The molecule has 0 aliphatic heterocycles. The van der Waals surface area contributed by atoms with Crippen LogP contribution < -0.4 is 10.6 Å². The van der Waals surface area contributed by atoms with Crippen LogP contribution in [0.25, 0.3) is 11.4 Å². The summed E-state index contributed by atoms with van der Waals surface area (Å²) in [5, 5.41) is 9.98. The molecule has 0 saturated carbocycles. The molecule has 0 unspecified atom stereocenters. The standard InChI is InChI=1S/C16H14Cl2N4OS/c17-12-6-2-1-5-11(12)15-20-21-16(22(15)19)24-10-9-23-14-8-4-3-7-13(14)18/h1-8H,9-10,19H2. The topological polar surface area (TPSA) is 66.0 Å². The first-order chi connectivity index (χ1) is 11.7. The molecule has 0 saturated heterocycles. The van der Waals surface area contributed by atoms with E-state index in [9.17, 15) is 0 Å². The van der Waals surface area contributed by atoms with Crippen LogP contribution in [0.4, 0.5) is 0 Å². The second-order valence-electron chi connectivity index (χ2n) is 4.78. The highest BCUT2D eigenvalue weighted by Crippen LogP contribution is 2.28. The normalized spacial score (nSPS) is 10.8. The van der Waals surface area contributed by atoms with E-state index >= 15 is 0 Å². The Morgan fingerprint density at radius 3 is 2.46 bits per heavy atom. The fraction of sp³-hybridized carbons (Fsp3) is 0.125. The number of aromatic nitrogens is 3. The minimum absolute atomic E-state index is 0.475. The molecule has 0 amide bonds. The van der Waals surface area contributed by atoms with Gasteiger partial charge in [-0.2, -0.15) is 0 Å². The molecule has 3 rings (SSSR count). The van der Waals surface area contributed by atoms with Crippen molar-refractivity contribution in [1.29, 1.82) is 0 Å². The summed E-state index contributed by atoms with van der Waals surface area (Å²) in [6.45, 7) is 0.475. The zero-order valence-electron chi connectivity index (χ0n) is 12.5. The van der Waals surface area contributed by atoms with Gasteiger partial charge in [-0.25, -0.2) is 4.68 Å². The van der Waals surface area contributed by atoms with Crippen molar-refractivity contribution in [3.63, 3.8) is 0 Å². The second-order valence-corrected chi connectivity index (χ2v) is 6.66. The number of hydrogen-bond acceptors (Lipinski definition) is 5. The predicted molar refractivity (Wildman–Crippen MR) is 98.3 cm³/mol. The number of benzene rings is 2. The first-order valence-electron chi connectivity index (χ1n) is 7.12. The number of para-hydroxylation sites is 1. The molecule has 124 valence electrons. The van der Waals surface area contributed by atoms with Gasteiger partial charge >= 0.3 is 0 Å². The predicted octanol–water partition coefficient (Wildman–Crippen LogP) is 4.14. The van der Waals surface area contributed by atoms with Crippen LogP contribution in [0, 0.1) is 0 Å². The zero-order chi connectivity index (χ0) is 16.9. The lowest BCUT2D eigenvalue weighted by Crippen LogP contribution is -2.12. The van der Waals surface area contributed by atoms with E-state index in [1.54, 1.807) is 12.1 Å². The summed E-state index contributed by atoms with van der Waals surface area (Å²) in [7, 11) is 0. The van der Waals surface area contributed by atoms with Crippen molar-refractivity contribution in [1.82, 2.24) is 14.9 Å². The molecule has 5 nitrogen and oxygen atoms in total. The van der Waals surface area contributed by atoms with Crippen LogP contribution >= 0.6 is 35.0 Å². The van der Waals surface area contributed by atoms with Gasteiger partial charge in [-0.1, -0.05) is 59.2 Å². The SMILES string of the molecule is Nn1c(SCCOc2ccccc2Cl)nnc1-c1ccccc1Cl. The van der Waals surface area contributed by atoms with Crippen molar-refractivity contribution >= 4 is 35.0 Å². The first kappa shape index (κ1) is 17.0. The molecule has 0 fully saturated rings. The number of hydrogen-bond donors (Lipinski definition) is 1. The van der Waals surface area contributed by atoms with E-state index in [0.29, 0.717) is 39.1 Å². The lowest BCUT2D eigenvalue weighted by Gasteiger charge is -2.07. The number of thioether (sulfide) groups is 1. The molecule has 0 bridgehead atoms. The van der Waals surface area contributed by atoms with Gasteiger partial charge in [-0.15, -0.1) is 10.2 Å². The van der Waals surface area contributed by atoms with Crippen LogP contribution in [-0.4, -0.2) is 27.2 Å². The number of ether oxygens (including phenoxy) is 1. The van der Waals surface area contributed by atoms with Gasteiger partial charge in [0.1, 0.15) is 5.75 Å². The van der Waals surface area contributed by atoms with Crippen LogP contribution in [-0.2, 0) is 0 Å². The van der Waals surface area contributed by atoms with Crippen LogP contribution in [0.3, 0.4) is 0 Å². The van der Waals surface area contributed by atoms with Crippen LogP contribution in [0.1, 0.15) is 0 Å². The van der Waals surface area contributed by atoms with E-state index in [4.69, 9.17) is 33.8 Å². The molecule has 2 N–H and O–H groups in total. The van der Waals surface area contributed by atoms with E-state index in [-0.39, 0.29) is 0 Å². The van der Waals surface area contributed by atoms with Gasteiger partial charge in [-0.05, 0) is 24.3 Å². The highest BCUT2D eigenvalue weighted by Gasteiger charge is 2.14. The Morgan fingerprint density at radius 2 is 1.71 bits per heavy atom. The monoisotopic (exact) mass is 380 g/mol. The Labute approximate surface area is 153 Å². The maximum Gasteiger partial charge on any atom is 0.210 e. The van der Waals surface area contributed by atoms with Crippen molar-refractivity contribution in [2.75, 3.05) is 18.2 Å². The summed E-state index contributed by atoms with van der Waals surface area (Å²) in [6, 6.07) is 14.7. The van der Waals surface area contributed by atoms with Gasteiger partial charge in [0.05, 0.1) is 16.7 Å². The number of nitrogens with two attached hydrogens (primary N) is 1. The molecule has 0 aliphatic rings. The summed E-state index contributed by atoms with van der Waals surface area (Å²) in [5.41, 5.74) is 0.744. The maximum absolute atomic E-state index is 6.17. The minimum Gasteiger partial charge on any atom is -0.491 e. The van der Waals surface area contributed by atoms with E-state index in [1.807, 2.05) is 36.4 Å². The Balaban J connectivity index is 1.61. The van der Waals surface area contributed by atoms with Gasteiger partial charge in [0.25, 0.3) is 0 Å². The average molecular weight is 381 g/mol. The number of rotatable bonds is 6. The van der Waals surface area contributed by atoms with Gasteiger partial charge in [0.2, 0.25) is 5.16 Å². The highest BCUT2D eigenvalue weighted by molar-refractivity contribution is 7.99. The smallest absolute Gasteiger partial charge is 0.210 e. The van der Waals surface area contributed by atoms with Crippen LogP contribution in [0.2, 0.25) is 10.0 Å². The lowest BCUT2D eigenvalue weighted by atomic mass is 10.2. The molecule has 2 aromatic carbocycles. The second kappa shape index (κ2) is 7.79. The lowest BCUT2D eigenvalue weighted by molar-refractivity contribution is 0.344. The quantitative estimate of drug-likeness (QED) is 0.395. The molecule has 0 atom stereocenters. The average Bonchev–Trinajstić information content (AvgIpc) is 2.94. The fourth-order valence-electron chi connectivity index (χ4n) is 2.05. The summed E-state index contributed by atoms with van der Waals surface area (Å²) < 4.78 is 7.07. The van der Waals surface area contributed by atoms with Gasteiger partial charge in [-0.3, -0.25) is 0 Å². The van der Waals surface area contributed by atoms with E-state index < -0.39 is 0 Å². The minimum atomic E-state index is 0.475. The van der Waals surface area contributed by atoms with Gasteiger partial charge in [0.15, 0.2) is 5.82 Å². The third-order valence-electron chi connectivity index (χ3n) is 3.19. The Morgan fingerprint density at radius 1 is 1.00 bits per heavy atom. The Bertz CT molecular complexity index is 840. The number of nitrogens with zero attached hydrogens (tertiary/aromatic N) is 3.